The molecule has 1 atom stereocenters. The number of nitrogens with zero attached hydrogens (tertiary/aromatic N) is 3. The molecule has 1 unspecified atom stereocenters. The van der Waals surface area contributed by atoms with Gasteiger partial charge in [-0.1, -0.05) is 0 Å². The molecule has 0 saturated carbocycles. The van der Waals surface area contributed by atoms with Crippen LogP contribution in [0.2, 0.25) is 0 Å². The van der Waals surface area contributed by atoms with Gasteiger partial charge in [0.15, 0.2) is 0 Å². The zero-order valence-electron chi connectivity index (χ0n) is 8.98. The molecule has 17 heavy (non-hydrogen) atoms. The molecule has 4 nitrogen and oxygen atoms in total. The third-order valence-corrected chi connectivity index (χ3v) is 2.76. The maximum Gasteiger partial charge on any atom is 0.433 e. The van der Waals surface area contributed by atoms with Crippen LogP contribution in [0.3, 0.4) is 0 Å². The van der Waals surface area contributed by atoms with E-state index in [1.165, 1.54) is 0 Å². The molecule has 1 aliphatic heterocycles. The second-order valence-corrected chi connectivity index (χ2v) is 4.02. The summed E-state index contributed by atoms with van der Waals surface area (Å²) in [5.41, 5.74) is -0.935. The van der Waals surface area contributed by atoms with Crippen LogP contribution in [0.4, 0.5) is 19.1 Å². The molecule has 94 valence electrons. The first-order valence-corrected chi connectivity index (χ1v) is 5.27. The summed E-state index contributed by atoms with van der Waals surface area (Å²) >= 11 is 0. The largest absolute Gasteiger partial charge is 0.433 e. The van der Waals surface area contributed by atoms with E-state index in [0.717, 1.165) is 18.7 Å². The van der Waals surface area contributed by atoms with Crippen LogP contribution in [0.25, 0.3) is 0 Å². The van der Waals surface area contributed by atoms with Crippen LogP contribution >= 0.6 is 0 Å². The van der Waals surface area contributed by atoms with E-state index in [0.29, 0.717) is 13.1 Å². The predicted molar refractivity (Wildman–Crippen MR) is 54.4 cm³/mol. The summed E-state index contributed by atoms with van der Waals surface area (Å²) in [7, 11) is 0. The molecule has 1 saturated heterocycles. The Bertz CT molecular complexity index is 397. The molecule has 2 rings (SSSR count). The van der Waals surface area contributed by atoms with Gasteiger partial charge < -0.3 is 10.0 Å². The van der Waals surface area contributed by atoms with Crippen LogP contribution in [0, 0.1) is 5.92 Å². The summed E-state index contributed by atoms with van der Waals surface area (Å²) < 4.78 is 37.3. The number of hydrogen-bond donors (Lipinski definition) is 1. The average molecular weight is 247 g/mol. The number of aliphatic hydroxyl groups is 1. The highest BCUT2D eigenvalue weighted by Gasteiger charge is 2.34. The lowest BCUT2D eigenvalue weighted by Crippen LogP contribution is -2.24. The Hall–Kier alpha value is -1.37. The van der Waals surface area contributed by atoms with Crippen LogP contribution in [-0.2, 0) is 6.18 Å². The molecule has 0 amide bonds. The van der Waals surface area contributed by atoms with Crippen LogP contribution in [-0.4, -0.2) is 34.8 Å². The third kappa shape index (κ3) is 2.66. The zero-order chi connectivity index (χ0) is 12.5. The molecule has 7 heteroatoms. The van der Waals surface area contributed by atoms with Gasteiger partial charge >= 0.3 is 6.18 Å². The summed E-state index contributed by atoms with van der Waals surface area (Å²) in [4.78, 5) is 9.00. The Labute approximate surface area is 96.1 Å². The topological polar surface area (TPSA) is 49.2 Å². The van der Waals surface area contributed by atoms with Gasteiger partial charge in [0.25, 0.3) is 0 Å². The number of hydrogen-bond acceptors (Lipinski definition) is 4. The normalized spacial score (nSPS) is 20.9. The smallest absolute Gasteiger partial charge is 0.396 e. The van der Waals surface area contributed by atoms with Crippen molar-refractivity contribution in [3.63, 3.8) is 0 Å². The quantitative estimate of drug-likeness (QED) is 0.856. The SMILES string of the molecule is OCC1CCN(c2nccc(C(F)(F)F)n2)C1. The molecule has 0 aromatic carbocycles. The first kappa shape index (κ1) is 12.1. The Morgan fingerprint density at radius 2 is 2.24 bits per heavy atom. The zero-order valence-corrected chi connectivity index (χ0v) is 8.98. The van der Waals surface area contributed by atoms with Crippen molar-refractivity contribution in [2.24, 2.45) is 5.92 Å². The van der Waals surface area contributed by atoms with Gasteiger partial charge in [0, 0.05) is 31.8 Å². The van der Waals surface area contributed by atoms with Gasteiger partial charge in [0.05, 0.1) is 0 Å². The predicted octanol–water partition coefficient (Wildman–Crippen LogP) is 1.31. The summed E-state index contributed by atoms with van der Waals surface area (Å²) in [6.45, 7) is 1.11. The van der Waals surface area contributed by atoms with Gasteiger partial charge in [-0.3, -0.25) is 0 Å². The molecule has 2 heterocycles. The van der Waals surface area contributed by atoms with Crippen molar-refractivity contribution in [1.29, 1.82) is 0 Å². The molecular formula is C10H12F3N3O. The van der Waals surface area contributed by atoms with E-state index in [9.17, 15) is 13.2 Å². The number of rotatable bonds is 2. The van der Waals surface area contributed by atoms with Crippen LogP contribution in [0.15, 0.2) is 12.3 Å². The van der Waals surface area contributed by atoms with Gasteiger partial charge in [-0.15, -0.1) is 0 Å². The van der Waals surface area contributed by atoms with Crippen molar-refractivity contribution < 1.29 is 18.3 Å². The van der Waals surface area contributed by atoms with Crippen molar-refractivity contribution in [2.45, 2.75) is 12.6 Å². The first-order valence-electron chi connectivity index (χ1n) is 5.27. The lowest BCUT2D eigenvalue weighted by molar-refractivity contribution is -0.141. The Balaban J connectivity index is 2.17. The minimum absolute atomic E-state index is 0.0372. The van der Waals surface area contributed by atoms with E-state index < -0.39 is 11.9 Å². The van der Waals surface area contributed by atoms with Crippen LogP contribution < -0.4 is 4.90 Å². The second kappa shape index (κ2) is 4.48. The summed E-state index contributed by atoms with van der Waals surface area (Å²) in [5.74, 6) is 0.170. The first-order chi connectivity index (χ1) is 8.00. The molecule has 1 aromatic rings. The molecule has 1 aliphatic rings. The van der Waals surface area contributed by atoms with Gasteiger partial charge in [-0.2, -0.15) is 13.2 Å². The molecule has 1 N–H and O–H groups in total. The molecule has 0 radical (unpaired) electrons. The highest BCUT2D eigenvalue weighted by atomic mass is 19.4. The Morgan fingerprint density at radius 3 is 2.82 bits per heavy atom. The number of alkyl halides is 3. The third-order valence-electron chi connectivity index (χ3n) is 2.76. The van der Waals surface area contributed by atoms with Crippen LogP contribution in [0.5, 0.6) is 0 Å². The van der Waals surface area contributed by atoms with E-state index in [1.807, 2.05) is 0 Å². The maximum absolute atomic E-state index is 12.4. The van der Waals surface area contributed by atoms with Crippen molar-refractivity contribution in [3.8, 4) is 0 Å². The van der Waals surface area contributed by atoms with Gasteiger partial charge in [0.1, 0.15) is 5.69 Å². The van der Waals surface area contributed by atoms with E-state index >= 15 is 0 Å². The standard InChI is InChI=1S/C10H12F3N3O/c11-10(12,13)8-1-3-14-9(15-8)16-4-2-7(5-16)6-17/h1,3,7,17H,2,4-6H2. The summed E-state index contributed by atoms with van der Waals surface area (Å²) in [6.07, 6.45) is -2.60. The fourth-order valence-electron chi connectivity index (χ4n) is 1.82. The molecular weight excluding hydrogens is 235 g/mol. The van der Waals surface area contributed by atoms with Crippen molar-refractivity contribution >= 4 is 5.95 Å². The average Bonchev–Trinajstić information content (AvgIpc) is 2.76. The molecule has 0 bridgehead atoms. The summed E-state index contributed by atoms with van der Waals surface area (Å²) in [5, 5.41) is 8.97. The Morgan fingerprint density at radius 1 is 1.47 bits per heavy atom. The monoisotopic (exact) mass is 247 g/mol. The lowest BCUT2D eigenvalue weighted by Gasteiger charge is -2.16. The number of anilines is 1. The van der Waals surface area contributed by atoms with Crippen molar-refractivity contribution in [3.05, 3.63) is 18.0 Å². The molecule has 1 aromatic heterocycles. The van der Waals surface area contributed by atoms with Gasteiger partial charge in [-0.05, 0) is 12.5 Å². The maximum atomic E-state index is 12.4. The molecule has 1 fully saturated rings. The summed E-state index contributed by atoms with van der Waals surface area (Å²) in [6, 6.07) is 0.850. The highest BCUT2D eigenvalue weighted by molar-refractivity contribution is 5.32. The van der Waals surface area contributed by atoms with E-state index in [4.69, 9.17) is 5.11 Å². The minimum Gasteiger partial charge on any atom is -0.396 e. The lowest BCUT2D eigenvalue weighted by atomic mass is 10.1. The molecule has 0 aliphatic carbocycles. The second-order valence-electron chi connectivity index (χ2n) is 4.02. The fourth-order valence-corrected chi connectivity index (χ4v) is 1.82. The Kier molecular flexibility index (Phi) is 3.19. The number of aromatic nitrogens is 2. The molecule has 0 spiro atoms. The van der Waals surface area contributed by atoms with Gasteiger partial charge in [0.2, 0.25) is 5.95 Å². The van der Waals surface area contributed by atoms with E-state index in [1.54, 1.807) is 4.90 Å². The minimum atomic E-state index is -4.45. The van der Waals surface area contributed by atoms with Crippen molar-refractivity contribution in [1.82, 2.24) is 9.97 Å². The number of aliphatic hydroxyl groups excluding tert-OH is 1. The van der Waals surface area contributed by atoms with E-state index in [-0.39, 0.29) is 18.5 Å². The van der Waals surface area contributed by atoms with Crippen molar-refractivity contribution in [2.75, 3.05) is 24.6 Å². The fraction of sp³-hybridized carbons (Fsp3) is 0.600. The van der Waals surface area contributed by atoms with Gasteiger partial charge in [-0.25, -0.2) is 9.97 Å². The highest BCUT2D eigenvalue weighted by Crippen LogP contribution is 2.29. The number of halogens is 3. The van der Waals surface area contributed by atoms with E-state index in [2.05, 4.69) is 9.97 Å². The van der Waals surface area contributed by atoms with Crippen LogP contribution in [0.1, 0.15) is 12.1 Å².